The van der Waals surface area contributed by atoms with Crippen LogP contribution in [-0.4, -0.2) is 34.8 Å². The van der Waals surface area contributed by atoms with Crippen molar-refractivity contribution in [2.75, 3.05) is 14.1 Å². The Kier molecular flexibility index (Phi) is 4.29. The molecule has 1 aromatic heterocycles. The van der Waals surface area contributed by atoms with Crippen molar-refractivity contribution in [3.63, 3.8) is 0 Å². The van der Waals surface area contributed by atoms with Crippen molar-refractivity contribution < 1.29 is 13.9 Å². The number of nitrogens with zero attached hydrogens (tertiary/aromatic N) is 3. The Labute approximate surface area is 138 Å². The molecule has 6 heteroatoms. The number of amides is 1. The van der Waals surface area contributed by atoms with E-state index in [9.17, 15) is 9.18 Å². The highest BCUT2D eigenvalue weighted by atomic mass is 19.1. The van der Waals surface area contributed by atoms with Gasteiger partial charge in [0.2, 0.25) is 0 Å². The lowest BCUT2D eigenvalue weighted by Crippen LogP contribution is -2.27. The van der Waals surface area contributed by atoms with Crippen molar-refractivity contribution in [2.45, 2.75) is 0 Å². The van der Waals surface area contributed by atoms with Crippen molar-refractivity contribution in [3.05, 3.63) is 66.6 Å². The van der Waals surface area contributed by atoms with Gasteiger partial charge in [-0.1, -0.05) is 0 Å². The normalized spacial score (nSPS) is 10.5. The van der Waals surface area contributed by atoms with Gasteiger partial charge in [-0.05, 0) is 54.6 Å². The number of aromatic nitrogens is 2. The summed E-state index contributed by atoms with van der Waals surface area (Å²) in [4.78, 5) is 13.3. The fraction of sp³-hybridized carbons (Fsp3) is 0.111. The van der Waals surface area contributed by atoms with Crippen molar-refractivity contribution in [1.82, 2.24) is 14.7 Å². The summed E-state index contributed by atoms with van der Waals surface area (Å²) in [5.74, 6) is 0.889. The van der Waals surface area contributed by atoms with Gasteiger partial charge in [-0.15, -0.1) is 0 Å². The molecule has 0 fully saturated rings. The van der Waals surface area contributed by atoms with Gasteiger partial charge < -0.3 is 9.64 Å². The van der Waals surface area contributed by atoms with Crippen LogP contribution in [-0.2, 0) is 0 Å². The Hall–Kier alpha value is -3.15. The maximum atomic E-state index is 12.9. The molecule has 0 unspecified atom stereocenters. The third-order valence-electron chi connectivity index (χ3n) is 3.37. The summed E-state index contributed by atoms with van der Waals surface area (Å²) in [6.07, 6.45) is 1.63. The van der Waals surface area contributed by atoms with Crippen LogP contribution in [0.5, 0.6) is 11.5 Å². The fourth-order valence-corrected chi connectivity index (χ4v) is 2.12. The molecular formula is C18H16FN3O2. The number of carbonyl (C=O) groups is 1. The van der Waals surface area contributed by atoms with Crippen LogP contribution in [0.15, 0.2) is 60.8 Å². The van der Waals surface area contributed by atoms with Gasteiger partial charge in [0.25, 0.3) is 0 Å². The number of rotatable bonds is 3. The average Bonchev–Trinajstić information content (AvgIpc) is 3.07. The van der Waals surface area contributed by atoms with Crippen LogP contribution in [0.1, 0.15) is 0 Å². The molecule has 0 aliphatic heterocycles. The molecule has 5 nitrogen and oxygen atoms in total. The third kappa shape index (κ3) is 3.43. The highest BCUT2D eigenvalue weighted by Gasteiger charge is 2.10. The molecule has 3 rings (SSSR count). The summed E-state index contributed by atoms with van der Waals surface area (Å²) < 4.78 is 19.8. The lowest BCUT2D eigenvalue weighted by molar-refractivity contribution is 0.216. The molecule has 0 aliphatic carbocycles. The second kappa shape index (κ2) is 6.54. The number of carbonyl (C=O) groups excluding carboxylic acids is 1. The molecule has 122 valence electrons. The summed E-state index contributed by atoms with van der Waals surface area (Å²) in [5.41, 5.74) is 1.56. The SMILES string of the molecule is CN(C)C(=O)n1ccc(-c2ccc(Oc3ccc(F)cc3)cc2)n1. The number of hydrogen-bond donors (Lipinski definition) is 0. The summed E-state index contributed by atoms with van der Waals surface area (Å²) in [5, 5.41) is 4.27. The minimum atomic E-state index is -0.305. The largest absolute Gasteiger partial charge is 0.457 e. The van der Waals surface area contributed by atoms with Gasteiger partial charge in [-0.3, -0.25) is 0 Å². The molecule has 0 N–H and O–H groups in total. The molecule has 0 atom stereocenters. The standard InChI is InChI=1S/C18H16FN3O2/c1-21(2)18(23)22-12-11-17(20-22)13-3-7-15(8-4-13)24-16-9-5-14(19)6-10-16/h3-12H,1-2H3. The van der Waals surface area contributed by atoms with E-state index in [1.165, 1.54) is 21.7 Å². The first-order valence-electron chi connectivity index (χ1n) is 7.34. The molecule has 0 saturated heterocycles. The number of hydrogen-bond acceptors (Lipinski definition) is 3. The van der Waals surface area contributed by atoms with Crippen LogP contribution in [0.4, 0.5) is 9.18 Å². The fourth-order valence-electron chi connectivity index (χ4n) is 2.12. The Morgan fingerprint density at radius 1 is 1.00 bits per heavy atom. The Balaban J connectivity index is 1.75. The number of halogens is 1. The minimum absolute atomic E-state index is 0.211. The van der Waals surface area contributed by atoms with Crippen LogP contribution in [0.2, 0.25) is 0 Å². The van der Waals surface area contributed by atoms with E-state index in [4.69, 9.17) is 4.74 Å². The van der Waals surface area contributed by atoms with E-state index in [0.717, 1.165) is 5.56 Å². The molecule has 1 amide bonds. The van der Waals surface area contributed by atoms with Crippen molar-refractivity contribution in [2.24, 2.45) is 0 Å². The molecule has 0 radical (unpaired) electrons. The zero-order valence-electron chi connectivity index (χ0n) is 13.3. The van der Waals surface area contributed by atoms with Gasteiger partial charge in [0.05, 0.1) is 5.69 Å². The highest BCUT2D eigenvalue weighted by Crippen LogP contribution is 2.25. The van der Waals surface area contributed by atoms with Crippen molar-refractivity contribution >= 4 is 6.03 Å². The quantitative estimate of drug-likeness (QED) is 0.731. The first kappa shape index (κ1) is 15.7. The van der Waals surface area contributed by atoms with E-state index in [0.29, 0.717) is 17.2 Å². The highest BCUT2D eigenvalue weighted by molar-refractivity contribution is 5.76. The van der Waals surface area contributed by atoms with Crippen molar-refractivity contribution in [3.8, 4) is 22.8 Å². The van der Waals surface area contributed by atoms with Gasteiger partial charge in [-0.2, -0.15) is 9.78 Å². The van der Waals surface area contributed by atoms with Gasteiger partial charge in [-0.25, -0.2) is 9.18 Å². The van der Waals surface area contributed by atoms with E-state index in [1.807, 2.05) is 12.1 Å². The predicted octanol–water partition coefficient (Wildman–Crippen LogP) is 4.01. The monoisotopic (exact) mass is 325 g/mol. The summed E-state index contributed by atoms with van der Waals surface area (Å²) in [7, 11) is 3.34. The van der Waals surface area contributed by atoms with Crippen LogP contribution in [0, 0.1) is 5.82 Å². The second-order valence-corrected chi connectivity index (χ2v) is 5.40. The Morgan fingerprint density at radius 3 is 2.17 bits per heavy atom. The van der Waals surface area contributed by atoms with E-state index in [1.54, 1.807) is 50.6 Å². The van der Waals surface area contributed by atoms with Gasteiger partial charge in [0.15, 0.2) is 0 Å². The third-order valence-corrected chi connectivity index (χ3v) is 3.37. The molecule has 0 aliphatic rings. The number of ether oxygens (including phenoxy) is 1. The minimum Gasteiger partial charge on any atom is -0.457 e. The smallest absolute Gasteiger partial charge is 0.344 e. The lowest BCUT2D eigenvalue weighted by atomic mass is 10.1. The van der Waals surface area contributed by atoms with E-state index in [2.05, 4.69) is 5.10 Å². The molecule has 0 spiro atoms. The van der Waals surface area contributed by atoms with Crippen LogP contribution in [0.3, 0.4) is 0 Å². The van der Waals surface area contributed by atoms with Crippen LogP contribution < -0.4 is 4.74 Å². The first-order chi connectivity index (χ1) is 11.5. The second-order valence-electron chi connectivity index (χ2n) is 5.40. The predicted molar refractivity (Wildman–Crippen MR) is 88.6 cm³/mol. The first-order valence-corrected chi connectivity index (χ1v) is 7.34. The topological polar surface area (TPSA) is 47.4 Å². The van der Waals surface area contributed by atoms with Crippen molar-refractivity contribution in [1.29, 1.82) is 0 Å². The van der Waals surface area contributed by atoms with E-state index < -0.39 is 0 Å². The molecule has 24 heavy (non-hydrogen) atoms. The molecule has 0 saturated carbocycles. The summed E-state index contributed by atoms with van der Waals surface area (Å²) >= 11 is 0. The molecule has 3 aromatic rings. The molecule has 0 bridgehead atoms. The molecule has 1 heterocycles. The van der Waals surface area contributed by atoms with E-state index >= 15 is 0 Å². The molecular weight excluding hydrogens is 309 g/mol. The Morgan fingerprint density at radius 2 is 1.58 bits per heavy atom. The van der Waals surface area contributed by atoms with E-state index in [-0.39, 0.29) is 11.8 Å². The number of benzene rings is 2. The molecule has 2 aromatic carbocycles. The lowest BCUT2D eigenvalue weighted by Gasteiger charge is -2.09. The van der Waals surface area contributed by atoms with Gasteiger partial charge in [0, 0.05) is 25.9 Å². The zero-order valence-corrected chi connectivity index (χ0v) is 13.3. The van der Waals surface area contributed by atoms with Gasteiger partial charge >= 0.3 is 6.03 Å². The summed E-state index contributed by atoms with van der Waals surface area (Å²) in [6.45, 7) is 0. The zero-order chi connectivity index (χ0) is 17.1. The maximum Gasteiger partial charge on any atom is 0.344 e. The van der Waals surface area contributed by atoms with Gasteiger partial charge in [0.1, 0.15) is 17.3 Å². The van der Waals surface area contributed by atoms with Crippen LogP contribution in [0.25, 0.3) is 11.3 Å². The average molecular weight is 325 g/mol. The maximum absolute atomic E-state index is 12.9. The Bertz CT molecular complexity index is 839. The summed E-state index contributed by atoms with van der Waals surface area (Å²) in [6, 6.07) is 14.7. The van der Waals surface area contributed by atoms with Crippen LogP contribution >= 0.6 is 0 Å².